The summed E-state index contributed by atoms with van der Waals surface area (Å²) in [4.78, 5) is 18.9. The first-order valence-electron chi connectivity index (χ1n) is 9.09. The molecule has 0 amide bonds. The van der Waals surface area contributed by atoms with Crippen LogP contribution in [0.5, 0.6) is 0 Å². The summed E-state index contributed by atoms with van der Waals surface area (Å²) < 4.78 is 2.15. The van der Waals surface area contributed by atoms with Crippen molar-refractivity contribution in [2.24, 2.45) is 4.99 Å². The molecule has 8 heteroatoms. The molecular formula is C19H21N7S. The average Bonchev–Trinajstić information content (AvgIpc) is 2.74. The third kappa shape index (κ3) is 4.38. The second-order valence-corrected chi connectivity index (χ2v) is 7.59. The molecule has 138 valence electrons. The van der Waals surface area contributed by atoms with E-state index in [0.717, 1.165) is 62.2 Å². The lowest BCUT2D eigenvalue weighted by Crippen LogP contribution is -2.47. The maximum absolute atomic E-state index is 9.05. The molecule has 2 aliphatic heterocycles. The highest BCUT2D eigenvalue weighted by atomic mass is 32.2. The van der Waals surface area contributed by atoms with Crippen molar-refractivity contribution >= 4 is 29.9 Å². The van der Waals surface area contributed by atoms with Gasteiger partial charge in [-0.3, -0.25) is 4.90 Å². The third-order valence-electron chi connectivity index (χ3n) is 4.69. The Morgan fingerprint density at radius 2 is 1.89 bits per heavy atom. The molecule has 7 nitrogen and oxygen atoms in total. The number of nitrogens with zero attached hydrogens (tertiary/aromatic N) is 7. The largest absolute Gasteiger partial charge is 0.338 e. The minimum Gasteiger partial charge on any atom is -0.338 e. The Labute approximate surface area is 163 Å². The van der Waals surface area contributed by atoms with E-state index in [1.54, 1.807) is 24.3 Å². The van der Waals surface area contributed by atoms with E-state index in [-0.39, 0.29) is 0 Å². The monoisotopic (exact) mass is 379 g/mol. The predicted molar refractivity (Wildman–Crippen MR) is 107 cm³/mol. The summed E-state index contributed by atoms with van der Waals surface area (Å²) in [6, 6.07) is 9.67. The van der Waals surface area contributed by atoms with Crippen molar-refractivity contribution in [2.75, 3.05) is 44.2 Å². The van der Waals surface area contributed by atoms with Gasteiger partial charge < -0.3 is 9.21 Å². The number of rotatable bonds is 5. The number of piperazine rings is 1. The Bertz CT molecular complexity index is 841. The molecule has 0 aliphatic carbocycles. The third-order valence-corrected chi connectivity index (χ3v) is 5.73. The molecule has 0 spiro atoms. The van der Waals surface area contributed by atoms with Gasteiger partial charge in [0, 0.05) is 51.7 Å². The number of fused-ring (bicyclic) bond motifs is 1. The fraction of sp³-hybridized carbons (Fsp3) is 0.368. The van der Waals surface area contributed by atoms with Gasteiger partial charge in [0.15, 0.2) is 0 Å². The number of benzene rings is 1. The molecule has 1 saturated heterocycles. The van der Waals surface area contributed by atoms with E-state index in [4.69, 9.17) is 5.26 Å². The second kappa shape index (κ2) is 8.37. The SMILES string of the molecule is N#Cc1ccc2c(c1)SN(CCCN1CCN(c3ncccn3)CC1)C=N2. The van der Waals surface area contributed by atoms with Gasteiger partial charge in [-0.1, -0.05) is 0 Å². The maximum Gasteiger partial charge on any atom is 0.225 e. The van der Waals surface area contributed by atoms with Crippen LogP contribution in [0.25, 0.3) is 0 Å². The second-order valence-electron chi connectivity index (χ2n) is 6.50. The molecule has 0 unspecified atom stereocenters. The fourth-order valence-corrected chi connectivity index (χ4v) is 4.18. The van der Waals surface area contributed by atoms with Crippen LogP contribution in [0.15, 0.2) is 46.5 Å². The van der Waals surface area contributed by atoms with E-state index in [1.807, 2.05) is 30.6 Å². The first-order chi connectivity index (χ1) is 13.3. The van der Waals surface area contributed by atoms with Crippen LogP contribution in [0, 0.1) is 11.3 Å². The van der Waals surface area contributed by atoms with E-state index in [9.17, 15) is 0 Å². The zero-order valence-corrected chi connectivity index (χ0v) is 15.8. The molecule has 0 radical (unpaired) electrons. The molecule has 1 aromatic carbocycles. The molecule has 4 rings (SSSR count). The van der Waals surface area contributed by atoms with Crippen LogP contribution in [-0.4, -0.2) is 64.8 Å². The number of aliphatic imine (C=N–C) groups is 1. The van der Waals surface area contributed by atoms with Gasteiger partial charge in [0.2, 0.25) is 5.95 Å². The summed E-state index contributed by atoms with van der Waals surface area (Å²) in [5, 5.41) is 9.05. The Kier molecular flexibility index (Phi) is 5.51. The van der Waals surface area contributed by atoms with Gasteiger partial charge in [-0.25, -0.2) is 15.0 Å². The molecular weight excluding hydrogens is 358 g/mol. The number of aromatic nitrogens is 2. The van der Waals surface area contributed by atoms with Gasteiger partial charge in [-0.05, 0) is 42.6 Å². The molecule has 0 saturated carbocycles. The van der Waals surface area contributed by atoms with Crippen LogP contribution in [-0.2, 0) is 0 Å². The lowest BCUT2D eigenvalue weighted by Gasteiger charge is -2.35. The van der Waals surface area contributed by atoms with Crippen molar-refractivity contribution in [1.29, 1.82) is 5.26 Å². The van der Waals surface area contributed by atoms with Crippen LogP contribution in [0.3, 0.4) is 0 Å². The van der Waals surface area contributed by atoms with Gasteiger partial charge in [-0.2, -0.15) is 5.26 Å². The molecule has 0 bridgehead atoms. The Hall–Kier alpha value is -2.63. The average molecular weight is 379 g/mol. The quantitative estimate of drug-likeness (QED) is 0.739. The molecule has 27 heavy (non-hydrogen) atoms. The molecule has 3 heterocycles. The number of hydrogen-bond donors (Lipinski definition) is 0. The standard InChI is InChI=1S/C19H21N7S/c20-14-16-3-4-17-18(13-16)27-26(15-23-17)8-2-7-24-9-11-25(12-10-24)19-21-5-1-6-22-19/h1,3-6,13,15H,2,7-12H2. The summed E-state index contributed by atoms with van der Waals surface area (Å²) in [5.41, 5.74) is 1.62. The number of anilines is 1. The van der Waals surface area contributed by atoms with Gasteiger partial charge >= 0.3 is 0 Å². The molecule has 0 N–H and O–H groups in total. The summed E-state index contributed by atoms with van der Waals surface area (Å²) in [6.07, 6.45) is 6.56. The zero-order chi connectivity index (χ0) is 18.5. The van der Waals surface area contributed by atoms with Crippen molar-refractivity contribution in [3.63, 3.8) is 0 Å². The fourth-order valence-electron chi connectivity index (χ4n) is 3.22. The summed E-state index contributed by atoms with van der Waals surface area (Å²) >= 11 is 1.66. The molecule has 2 aliphatic rings. The minimum atomic E-state index is 0.679. The number of nitriles is 1. The Balaban J connectivity index is 1.22. The van der Waals surface area contributed by atoms with E-state index in [1.165, 1.54) is 0 Å². The molecule has 2 aromatic rings. The molecule has 1 fully saturated rings. The van der Waals surface area contributed by atoms with E-state index in [0.29, 0.717) is 5.56 Å². The van der Waals surface area contributed by atoms with Gasteiger partial charge in [0.25, 0.3) is 0 Å². The first kappa shape index (κ1) is 17.8. The maximum atomic E-state index is 9.05. The van der Waals surface area contributed by atoms with Crippen molar-refractivity contribution in [3.8, 4) is 6.07 Å². The van der Waals surface area contributed by atoms with Crippen molar-refractivity contribution in [1.82, 2.24) is 19.2 Å². The smallest absolute Gasteiger partial charge is 0.225 e. The van der Waals surface area contributed by atoms with Crippen LogP contribution < -0.4 is 4.90 Å². The Morgan fingerprint density at radius 3 is 2.67 bits per heavy atom. The topological polar surface area (TPSA) is 71.7 Å². The normalized spacial score (nSPS) is 16.9. The zero-order valence-electron chi connectivity index (χ0n) is 15.0. The first-order valence-corrected chi connectivity index (χ1v) is 9.86. The highest BCUT2D eigenvalue weighted by Crippen LogP contribution is 2.35. The highest BCUT2D eigenvalue weighted by Gasteiger charge is 2.19. The predicted octanol–water partition coefficient (Wildman–Crippen LogP) is 2.54. The summed E-state index contributed by atoms with van der Waals surface area (Å²) in [5.74, 6) is 0.827. The van der Waals surface area contributed by atoms with Crippen LogP contribution >= 0.6 is 11.9 Å². The van der Waals surface area contributed by atoms with Gasteiger partial charge in [0.05, 0.1) is 22.2 Å². The van der Waals surface area contributed by atoms with Gasteiger partial charge in [-0.15, -0.1) is 0 Å². The lowest BCUT2D eigenvalue weighted by atomic mass is 10.2. The van der Waals surface area contributed by atoms with Crippen LogP contribution in [0.2, 0.25) is 0 Å². The molecule has 1 aromatic heterocycles. The lowest BCUT2D eigenvalue weighted by molar-refractivity contribution is 0.251. The van der Waals surface area contributed by atoms with E-state index in [2.05, 4.69) is 35.1 Å². The van der Waals surface area contributed by atoms with Crippen molar-refractivity contribution < 1.29 is 0 Å². The summed E-state index contributed by atoms with van der Waals surface area (Å²) in [6.45, 7) is 6.01. The van der Waals surface area contributed by atoms with Crippen molar-refractivity contribution in [3.05, 3.63) is 42.2 Å². The number of hydrogen-bond acceptors (Lipinski definition) is 8. The highest BCUT2D eigenvalue weighted by molar-refractivity contribution is 7.97. The van der Waals surface area contributed by atoms with Gasteiger partial charge in [0.1, 0.15) is 6.34 Å². The van der Waals surface area contributed by atoms with E-state index >= 15 is 0 Å². The molecule has 0 atom stereocenters. The summed E-state index contributed by atoms with van der Waals surface area (Å²) in [7, 11) is 0. The minimum absolute atomic E-state index is 0.679. The van der Waals surface area contributed by atoms with Crippen LogP contribution in [0.4, 0.5) is 11.6 Å². The van der Waals surface area contributed by atoms with Crippen LogP contribution in [0.1, 0.15) is 12.0 Å². The Morgan fingerprint density at radius 1 is 1.07 bits per heavy atom. The van der Waals surface area contributed by atoms with E-state index < -0.39 is 0 Å². The van der Waals surface area contributed by atoms with Crippen molar-refractivity contribution in [2.45, 2.75) is 11.3 Å².